The predicted molar refractivity (Wildman–Crippen MR) is 116 cm³/mol. The quantitative estimate of drug-likeness (QED) is 0.679. The zero-order chi connectivity index (χ0) is 20.2. The summed E-state index contributed by atoms with van der Waals surface area (Å²) in [5.41, 5.74) is 3.65. The number of hydrogen-bond acceptors (Lipinski definition) is 6. The molecule has 1 aliphatic rings. The lowest BCUT2D eigenvalue weighted by molar-refractivity contribution is 0.0685. The fraction of sp³-hybridized carbons (Fsp3) is 0.364. The molecule has 1 amide bonds. The largest absolute Gasteiger partial charge is 0.337 e. The van der Waals surface area contributed by atoms with Gasteiger partial charge in [0.15, 0.2) is 5.13 Å². The van der Waals surface area contributed by atoms with E-state index in [0.29, 0.717) is 22.7 Å². The van der Waals surface area contributed by atoms with Crippen molar-refractivity contribution >= 4 is 28.3 Å². The second-order valence-corrected chi connectivity index (χ2v) is 8.42. The minimum absolute atomic E-state index is 0.00815. The van der Waals surface area contributed by atoms with Gasteiger partial charge in [-0.05, 0) is 50.7 Å². The van der Waals surface area contributed by atoms with E-state index in [0.717, 1.165) is 43.7 Å². The zero-order valence-electron chi connectivity index (χ0n) is 16.8. The molecule has 1 N–H and O–H groups in total. The number of carbonyl (C=O) groups excluding carboxylic acids is 1. The molecule has 1 fully saturated rings. The van der Waals surface area contributed by atoms with E-state index < -0.39 is 0 Å². The van der Waals surface area contributed by atoms with Crippen molar-refractivity contribution in [3.8, 4) is 0 Å². The first-order valence-corrected chi connectivity index (χ1v) is 10.8. The third kappa shape index (κ3) is 4.98. The number of rotatable bonds is 5. The van der Waals surface area contributed by atoms with Crippen LogP contribution in [0.4, 0.5) is 11.1 Å². The van der Waals surface area contributed by atoms with Crippen LogP contribution in [0.2, 0.25) is 0 Å². The summed E-state index contributed by atoms with van der Waals surface area (Å²) in [7, 11) is 0. The van der Waals surface area contributed by atoms with E-state index in [1.165, 1.54) is 16.9 Å². The Morgan fingerprint density at radius 3 is 2.48 bits per heavy atom. The number of carbonyl (C=O) groups is 1. The number of nitrogens with one attached hydrogen (secondary N) is 1. The number of hydrogen-bond donors (Lipinski definition) is 1. The van der Waals surface area contributed by atoms with Crippen molar-refractivity contribution < 1.29 is 4.79 Å². The lowest BCUT2D eigenvalue weighted by atomic mass is 9.90. The Morgan fingerprint density at radius 2 is 1.79 bits per heavy atom. The highest BCUT2D eigenvalue weighted by atomic mass is 32.1. The Bertz CT molecular complexity index is 960. The maximum Gasteiger partial charge on any atom is 0.273 e. The van der Waals surface area contributed by atoms with E-state index in [1.54, 1.807) is 0 Å². The maximum absolute atomic E-state index is 12.8. The molecule has 0 unspecified atom stereocenters. The van der Waals surface area contributed by atoms with Crippen LogP contribution in [0.5, 0.6) is 0 Å². The summed E-state index contributed by atoms with van der Waals surface area (Å²) in [5, 5.41) is 5.56. The van der Waals surface area contributed by atoms with Gasteiger partial charge in [0.1, 0.15) is 5.69 Å². The molecular formula is C22H25N5OS. The van der Waals surface area contributed by atoms with Gasteiger partial charge < -0.3 is 10.2 Å². The molecule has 0 saturated carbocycles. The van der Waals surface area contributed by atoms with Gasteiger partial charge in [-0.25, -0.2) is 15.0 Å². The topological polar surface area (TPSA) is 71.0 Å². The highest BCUT2D eigenvalue weighted by Gasteiger charge is 2.25. The molecule has 0 spiro atoms. The second kappa shape index (κ2) is 8.69. The Balaban J connectivity index is 1.33. The van der Waals surface area contributed by atoms with Gasteiger partial charge in [0.25, 0.3) is 5.91 Å². The van der Waals surface area contributed by atoms with E-state index in [2.05, 4.69) is 44.5 Å². The molecule has 4 rings (SSSR count). The number of thiazole rings is 1. The number of anilines is 2. The van der Waals surface area contributed by atoms with Gasteiger partial charge in [-0.15, -0.1) is 11.3 Å². The SMILES string of the molecule is Cc1cc(C)nc(Nc2nc(C(=O)N3CCC(Cc4ccccc4)CC3)cs2)n1. The normalized spacial score (nSPS) is 14.8. The molecule has 0 bridgehead atoms. The monoisotopic (exact) mass is 407 g/mol. The summed E-state index contributed by atoms with van der Waals surface area (Å²) in [4.78, 5) is 28.0. The molecular weight excluding hydrogens is 382 g/mol. The summed E-state index contributed by atoms with van der Waals surface area (Å²) in [6.45, 7) is 5.43. The first-order valence-electron chi connectivity index (χ1n) is 9.95. The van der Waals surface area contributed by atoms with Crippen molar-refractivity contribution in [1.29, 1.82) is 0 Å². The molecule has 1 aliphatic heterocycles. The second-order valence-electron chi connectivity index (χ2n) is 7.56. The van der Waals surface area contributed by atoms with Crippen molar-refractivity contribution in [2.24, 2.45) is 5.92 Å². The molecule has 1 aromatic carbocycles. The molecule has 7 heteroatoms. The fourth-order valence-corrected chi connectivity index (χ4v) is 4.43. The van der Waals surface area contributed by atoms with E-state index >= 15 is 0 Å². The third-order valence-corrected chi connectivity index (χ3v) is 5.95. The van der Waals surface area contributed by atoms with E-state index in [4.69, 9.17) is 0 Å². The number of likely N-dealkylation sites (tertiary alicyclic amines) is 1. The van der Waals surface area contributed by atoms with Crippen LogP contribution in [0.15, 0.2) is 41.8 Å². The van der Waals surface area contributed by atoms with Crippen LogP contribution in [0, 0.1) is 19.8 Å². The number of benzene rings is 1. The summed E-state index contributed by atoms with van der Waals surface area (Å²) < 4.78 is 0. The van der Waals surface area contributed by atoms with E-state index in [1.807, 2.05) is 36.3 Å². The van der Waals surface area contributed by atoms with Crippen LogP contribution in [0.1, 0.15) is 40.3 Å². The van der Waals surface area contributed by atoms with Crippen LogP contribution < -0.4 is 5.32 Å². The summed E-state index contributed by atoms with van der Waals surface area (Å²) in [6, 6.07) is 12.5. The van der Waals surface area contributed by atoms with Gasteiger partial charge in [0, 0.05) is 29.9 Å². The summed E-state index contributed by atoms with van der Waals surface area (Å²) >= 11 is 1.40. The van der Waals surface area contributed by atoms with E-state index in [-0.39, 0.29) is 5.91 Å². The van der Waals surface area contributed by atoms with Crippen molar-refractivity contribution in [2.75, 3.05) is 18.4 Å². The first kappa shape index (κ1) is 19.5. The predicted octanol–water partition coefficient (Wildman–Crippen LogP) is 4.39. The molecule has 0 aliphatic carbocycles. The third-order valence-electron chi connectivity index (χ3n) is 5.19. The molecule has 3 heterocycles. The zero-order valence-corrected chi connectivity index (χ0v) is 17.6. The van der Waals surface area contributed by atoms with Gasteiger partial charge in [0.2, 0.25) is 5.95 Å². The number of aromatic nitrogens is 3. The first-order chi connectivity index (χ1) is 14.1. The molecule has 0 radical (unpaired) electrons. The van der Waals surface area contributed by atoms with Crippen LogP contribution in [0.3, 0.4) is 0 Å². The molecule has 2 aromatic heterocycles. The van der Waals surface area contributed by atoms with Crippen LogP contribution in [-0.2, 0) is 6.42 Å². The van der Waals surface area contributed by atoms with Gasteiger partial charge in [-0.1, -0.05) is 30.3 Å². The summed E-state index contributed by atoms with van der Waals surface area (Å²) in [6.07, 6.45) is 3.15. The smallest absolute Gasteiger partial charge is 0.273 e. The minimum Gasteiger partial charge on any atom is -0.337 e. The number of aryl methyl sites for hydroxylation is 2. The van der Waals surface area contributed by atoms with Crippen molar-refractivity contribution in [2.45, 2.75) is 33.1 Å². The number of nitrogens with zero attached hydrogens (tertiary/aromatic N) is 4. The van der Waals surface area contributed by atoms with Gasteiger partial charge in [0.05, 0.1) is 0 Å². The highest BCUT2D eigenvalue weighted by Crippen LogP contribution is 2.25. The van der Waals surface area contributed by atoms with Gasteiger partial charge >= 0.3 is 0 Å². The highest BCUT2D eigenvalue weighted by molar-refractivity contribution is 7.14. The Labute approximate surface area is 175 Å². The van der Waals surface area contributed by atoms with Crippen molar-refractivity contribution in [1.82, 2.24) is 19.9 Å². The van der Waals surface area contributed by atoms with E-state index in [9.17, 15) is 4.79 Å². The fourth-order valence-electron chi connectivity index (χ4n) is 3.76. The molecule has 0 atom stereocenters. The molecule has 150 valence electrons. The minimum atomic E-state index is 0.00815. The average molecular weight is 408 g/mol. The molecule has 29 heavy (non-hydrogen) atoms. The van der Waals surface area contributed by atoms with Gasteiger partial charge in [-0.2, -0.15) is 0 Å². The molecule has 3 aromatic rings. The van der Waals surface area contributed by atoms with Crippen molar-refractivity contribution in [3.05, 3.63) is 64.4 Å². The Morgan fingerprint density at radius 1 is 1.10 bits per heavy atom. The maximum atomic E-state index is 12.8. The molecule has 6 nitrogen and oxygen atoms in total. The Kier molecular flexibility index (Phi) is 5.85. The molecule has 1 saturated heterocycles. The summed E-state index contributed by atoms with van der Waals surface area (Å²) in [5.74, 6) is 1.15. The van der Waals surface area contributed by atoms with Gasteiger partial charge in [-0.3, -0.25) is 4.79 Å². The lowest BCUT2D eigenvalue weighted by Crippen LogP contribution is -2.39. The lowest BCUT2D eigenvalue weighted by Gasteiger charge is -2.31. The number of amides is 1. The Hall–Kier alpha value is -2.80. The van der Waals surface area contributed by atoms with Crippen LogP contribution in [0.25, 0.3) is 0 Å². The van der Waals surface area contributed by atoms with Crippen molar-refractivity contribution in [3.63, 3.8) is 0 Å². The standard InChI is InChI=1S/C22H25N5OS/c1-15-12-16(2)24-21(23-15)26-22-25-19(14-29-22)20(28)27-10-8-18(9-11-27)13-17-6-4-3-5-7-17/h3-7,12,14,18H,8-11,13H2,1-2H3,(H,23,24,25,26). The number of piperidine rings is 1. The van der Waals surface area contributed by atoms with Crippen LogP contribution in [-0.4, -0.2) is 38.8 Å². The average Bonchev–Trinajstić information content (AvgIpc) is 3.16. The van der Waals surface area contributed by atoms with Crippen LogP contribution >= 0.6 is 11.3 Å².